The average molecular weight is 343 g/mol. The van der Waals surface area contributed by atoms with Crippen LogP contribution in [-0.2, 0) is 0 Å². The largest absolute Gasteiger partial charge is 0.346 e. The molecule has 0 aliphatic rings. The number of amides is 1. The molecule has 2 nitrogen and oxygen atoms in total. The van der Waals surface area contributed by atoms with Crippen LogP contribution in [0, 0.1) is 0 Å². The van der Waals surface area contributed by atoms with Gasteiger partial charge in [0.05, 0.1) is 12.1 Å². The van der Waals surface area contributed by atoms with Gasteiger partial charge < -0.3 is 5.32 Å². The third-order valence-corrected chi connectivity index (χ3v) is 2.74. The van der Waals surface area contributed by atoms with E-state index in [0.29, 0.717) is 10.0 Å². The fourth-order valence-corrected chi connectivity index (χ4v) is 2.17. The molecule has 0 atom stereocenters. The highest BCUT2D eigenvalue weighted by atomic mass is 79.9. The summed E-state index contributed by atoms with van der Waals surface area (Å²) in [6.07, 6.45) is -2.54. The topological polar surface area (TPSA) is 29.1 Å². The maximum atomic E-state index is 11.8. The van der Waals surface area contributed by atoms with Gasteiger partial charge in [-0.15, -0.1) is 0 Å². The second kappa shape index (κ2) is 5.55. The van der Waals surface area contributed by atoms with Crippen LogP contribution >= 0.6 is 31.9 Å². The molecule has 0 saturated heterocycles. The van der Waals surface area contributed by atoms with Crippen LogP contribution in [0.15, 0.2) is 27.1 Å². The second-order valence-electron chi connectivity index (χ2n) is 2.73. The number of nitrogens with one attached hydrogen (secondary N) is 1. The molecule has 6 heteroatoms. The van der Waals surface area contributed by atoms with Crippen molar-refractivity contribution >= 4 is 37.8 Å². The van der Waals surface area contributed by atoms with Gasteiger partial charge in [-0.3, -0.25) is 4.79 Å². The van der Waals surface area contributed by atoms with Crippen molar-refractivity contribution in [2.24, 2.45) is 0 Å². The average Bonchev–Trinajstić information content (AvgIpc) is 2.14. The van der Waals surface area contributed by atoms with E-state index in [4.69, 9.17) is 0 Å². The molecular weight excluding hydrogens is 336 g/mol. The molecule has 0 bridgehead atoms. The van der Waals surface area contributed by atoms with Crippen molar-refractivity contribution in [3.63, 3.8) is 0 Å². The van der Waals surface area contributed by atoms with Gasteiger partial charge in [0.15, 0.2) is 0 Å². The summed E-state index contributed by atoms with van der Waals surface area (Å²) in [5, 5.41) is 2.12. The van der Waals surface area contributed by atoms with Crippen molar-refractivity contribution in [3.05, 3.63) is 32.7 Å². The molecule has 1 N–H and O–H groups in total. The Labute approximate surface area is 102 Å². The minimum Gasteiger partial charge on any atom is -0.346 e. The zero-order valence-electron chi connectivity index (χ0n) is 7.44. The number of hydrogen-bond donors (Lipinski definition) is 1. The van der Waals surface area contributed by atoms with Gasteiger partial charge in [-0.1, -0.05) is 15.9 Å². The first-order valence-electron chi connectivity index (χ1n) is 4.02. The van der Waals surface area contributed by atoms with Crippen molar-refractivity contribution in [1.29, 1.82) is 0 Å². The summed E-state index contributed by atoms with van der Waals surface area (Å²) in [5.41, 5.74) is 0.332. The van der Waals surface area contributed by atoms with E-state index in [1.54, 1.807) is 18.2 Å². The lowest BCUT2D eigenvalue weighted by Gasteiger charge is -2.06. The van der Waals surface area contributed by atoms with E-state index in [1.807, 2.05) is 0 Å². The Hall–Kier alpha value is -0.490. The van der Waals surface area contributed by atoms with Gasteiger partial charge in [0.1, 0.15) is 0 Å². The lowest BCUT2D eigenvalue weighted by molar-refractivity contribution is 0.0891. The monoisotopic (exact) mass is 341 g/mol. The molecule has 0 saturated carbocycles. The highest BCUT2D eigenvalue weighted by molar-refractivity contribution is 9.11. The van der Waals surface area contributed by atoms with Crippen LogP contribution in [0.5, 0.6) is 0 Å². The van der Waals surface area contributed by atoms with Gasteiger partial charge in [-0.05, 0) is 34.1 Å². The van der Waals surface area contributed by atoms with Gasteiger partial charge in [-0.25, -0.2) is 8.78 Å². The van der Waals surface area contributed by atoms with E-state index in [9.17, 15) is 13.6 Å². The molecule has 1 aromatic carbocycles. The Bertz CT molecular complexity index is 371. The zero-order valence-corrected chi connectivity index (χ0v) is 10.6. The molecule has 1 rings (SSSR count). The van der Waals surface area contributed by atoms with Gasteiger partial charge in [0.25, 0.3) is 12.3 Å². The summed E-state index contributed by atoms with van der Waals surface area (Å²) in [6, 6.07) is 4.90. The Kier molecular flexibility index (Phi) is 4.66. The first-order valence-corrected chi connectivity index (χ1v) is 5.60. The summed E-state index contributed by atoms with van der Waals surface area (Å²) in [4.78, 5) is 11.4. The van der Waals surface area contributed by atoms with Crippen molar-refractivity contribution in [3.8, 4) is 0 Å². The Morgan fingerprint density at radius 1 is 1.40 bits per heavy atom. The van der Waals surface area contributed by atoms with E-state index in [1.165, 1.54) is 0 Å². The fourth-order valence-electron chi connectivity index (χ4n) is 0.939. The first kappa shape index (κ1) is 12.6. The molecule has 1 aromatic rings. The third kappa shape index (κ3) is 3.87. The van der Waals surface area contributed by atoms with Crippen LogP contribution in [-0.4, -0.2) is 18.9 Å². The van der Waals surface area contributed by atoms with E-state index in [0.717, 1.165) is 4.47 Å². The summed E-state index contributed by atoms with van der Waals surface area (Å²) >= 11 is 6.40. The normalized spacial score (nSPS) is 10.5. The highest BCUT2D eigenvalue weighted by Crippen LogP contribution is 2.21. The van der Waals surface area contributed by atoms with Crippen LogP contribution in [0.25, 0.3) is 0 Å². The zero-order chi connectivity index (χ0) is 11.4. The SMILES string of the molecule is O=C(NCC(F)F)c1ccc(Br)cc1Br. The number of alkyl halides is 2. The van der Waals surface area contributed by atoms with E-state index in [-0.39, 0.29) is 0 Å². The molecular formula is C9H7Br2F2NO. The maximum Gasteiger partial charge on any atom is 0.255 e. The molecule has 0 aliphatic carbocycles. The van der Waals surface area contributed by atoms with Gasteiger partial charge in [0.2, 0.25) is 0 Å². The van der Waals surface area contributed by atoms with Crippen LogP contribution in [0.1, 0.15) is 10.4 Å². The van der Waals surface area contributed by atoms with Crippen LogP contribution in [0.2, 0.25) is 0 Å². The van der Waals surface area contributed by atoms with Gasteiger partial charge >= 0.3 is 0 Å². The predicted octanol–water partition coefficient (Wildman–Crippen LogP) is 3.21. The molecule has 82 valence electrons. The molecule has 0 radical (unpaired) electrons. The highest BCUT2D eigenvalue weighted by Gasteiger charge is 2.11. The molecule has 0 aromatic heterocycles. The molecule has 15 heavy (non-hydrogen) atoms. The van der Waals surface area contributed by atoms with E-state index < -0.39 is 18.9 Å². The standard InChI is InChI=1S/C9H7Br2F2NO/c10-5-1-2-6(7(11)3-5)9(15)14-4-8(12)13/h1-3,8H,4H2,(H,14,15). The number of hydrogen-bond acceptors (Lipinski definition) is 1. The van der Waals surface area contributed by atoms with Crippen LogP contribution < -0.4 is 5.32 Å². The second-order valence-corrected chi connectivity index (χ2v) is 4.50. The van der Waals surface area contributed by atoms with E-state index >= 15 is 0 Å². The number of halogens is 4. The minimum absolute atomic E-state index is 0.332. The molecule has 0 fully saturated rings. The van der Waals surface area contributed by atoms with Gasteiger partial charge in [-0.2, -0.15) is 0 Å². The Morgan fingerprint density at radius 2 is 2.07 bits per heavy atom. The predicted molar refractivity (Wildman–Crippen MR) is 60.2 cm³/mol. The summed E-state index contributed by atoms with van der Waals surface area (Å²) in [6.45, 7) is -0.638. The first-order chi connectivity index (χ1) is 7.00. The molecule has 0 spiro atoms. The van der Waals surface area contributed by atoms with Crippen LogP contribution in [0.4, 0.5) is 8.78 Å². The van der Waals surface area contributed by atoms with Crippen molar-refractivity contribution in [1.82, 2.24) is 5.32 Å². The molecule has 0 aliphatic heterocycles. The van der Waals surface area contributed by atoms with Crippen molar-refractivity contribution < 1.29 is 13.6 Å². The van der Waals surface area contributed by atoms with Gasteiger partial charge in [0, 0.05) is 8.95 Å². The summed E-state index contributed by atoms with van der Waals surface area (Å²) in [7, 11) is 0. The molecule has 0 heterocycles. The smallest absolute Gasteiger partial charge is 0.255 e. The number of carbonyl (C=O) groups excluding carboxylic acids is 1. The minimum atomic E-state index is -2.54. The summed E-state index contributed by atoms with van der Waals surface area (Å²) < 4.78 is 25.0. The lowest BCUT2D eigenvalue weighted by atomic mass is 10.2. The van der Waals surface area contributed by atoms with Crippen LogP contribution in [0.3, 0.4) is 0 Å². The lowest BCUT2D eigenvalue weighted by Crippen LogP contribution is -2.28. The molecule has 0 unspecified atom stereocenters. The number of rotatable bonds is 3. The summed E-state index contributed by atoms with van der Waals surface area (Å²) in [5.74, 6) is -0.519. The number of carbonyl (C=O) groups is 1. The van der Waals surface area contributed by atoms with E-state index in [2.05, 4.69) is 37.2 Å². The molecule has 1 amide bonds. The van der Waals surface area contributed by atoms with Crippen molar-refractivity contribution in [2.75, 3.05) is 6.54 Å². The quantitative estimate of drug-likeness (QED) is 0.897. The number of benzene rings is 1. The fraction of sp³-hybridized carbons (Fsp3) is 0.222. The Balaban J connectivity index is 2.74. The maximum absolute atomic E-state index is 11.8. The Morgan fingerprint density at radius 3 is 2.60 bits per heavy atom. The van der Waals surface area contributed by atoms with Crippen molar-refractivity contribution in [2.45, 2.75) is 6.43 Å². The third-order valence-electron chi connectivity index (χ3n) is 1.59.